The van der Waals surface area contributed by atoms with E-state index in [-0.39, 0.29) is 18.7 Å². The van der Waals surface area contributed by atoms with Crippen LogP contribution in [0, 0.1) is 0 Å². The van der Waals surface area contributed by atoms with Crippen LogP contribution in [-0.4, -0.2) is 35.6 Å². The number of aliphatic carboxylic acids is 1. The fourth-order valence-electron chi connectivity index (χ4n) is 3.02. The van der Waals surface area contributed by atoms with Crippen molar-refractivity contribution in [1.29, 1.82) is 0 Å². The highest BCUT2D eigenvalue weighted by molar-refractivity contribution is 5.92. The zero-order valence-corrected chi connectivity index (χ0v) is 15.4. The summed E-state index contributed by atoms with van der Waals surface area (Å²) in [4.78, 5) is 34.9. The Morgan fingerprint density at radius 1 is 1.21 bits per heavy atom. The Bertz CT molecular complexity index is 877. The predicted molar refractivity (Wildman–Crippen MR) is 100 cm³/mol. The van der Waals surface area contributed by atoms with Gasteiger partial charge in [0.15, 0.2) is 6.61 Å². The van der Waals surface area contributed by atoms with E-state index in [1.54, 1.807) is 37.3 Å². The van der Waals surface area contributed by atoms with E-state index in [1.165, 1.54) is 0 Å². The molecule has 0 fully saturated rings. The van der Waals surface area contributed by atoms with Crippen molar-refractivity contribution in [2.24, 2.45) is 0 Å². The zero-order valence-electron chi connectivity index (χ0n) is 15.4. The maximum atomic E-state index is 12.1. The molecule has 2 aromatic carbocycles. The van der Waals surface area contributed by atoms with Gasteiger partial charge >= 0.3 is 11.9 Å². The number of carbonyl (C=O) groups excluding carboxylic acids is 2. The van der Waals surface area contributed by atoms with Crippen molar-refractivity contribution in [2.75, 3.05) is 6.61 Å². The van der Waals surface area contributed by atoms with Gasteiger partial charge in [-0.05, 0) is 35.7 Å². The third kappa shape index (κ3) is 4.49. The Kier molecular flexibility index (Phi) is 5.93. The Balaban J connectivity index is 1.58. The Morgan fingerprint density at radius 3 is 2.61 bits per heavy atom. The molecule has 2 aromatic rings. The number of carboxylic acid groups (broad SMARTS) is 1. The average molecular weight is 383 g/mol. The molecule has 1 amide bonds. The Labute approximate surface area is 162 Å². The second-order valence-corrected chi connectivity index (χ2v) is 6.48. The molecule has 1 aliphatic heterocycles. The van der Waals surface area contributed by atoms with Crippen LogP contribution in [-0.2, 0) is 20.7 Å². The maximum Gasteiger partial charge on any atom is 0.339 e. The van der Waals surface area contributed by atoms with Gasteiger partial charge in [0.05, 0.1) is 5.56 Å². The number of carbonyl (C=O) groups is 3. The number of ether oxygens (including phenoxy) is 2. The van der Waals surface area contributed by atoms with Crippen LogP contribution in [0.5, 0.6) is 5.75 Å². The lowest BCUT2D eigenvalue weighted by atomic mass is 9.95. The van der Waals surface area contributed by atoms with E-state index < -0.39 is 17.9 Å². The second-order valence-electron chi connectivity index (χ2n) is 6.48. The van der Waals surface area contributed by atoms with Gasteiger partial charge in [-0.15, -0.1) is 0 Å². The van der Waals surface area contributed by atoms with Crippen molar-refractivity contribution in [3.8, 4) is 5.75 Å². The summed E-state index contributed by atoms with van der Waals surface area (Å²) in [5.41, 5.74) is 2.37. The number of hydrogen-bond donors (Lipinski definition) is 2. The van der Waals surface area contributed by atoms with E-state index >= 15 is 0 Å². The first kappa shape index (κ1) is 19.4. The molecule has 0 saturated carbocycles. The van der Waals surface area contributed by atoms with Gasteiger partial charge in [0.2, 0.25) is 0 Å². The van der Waals surface area contributed by atoms with Gasteiger partial charge in [-0.25, -0.2) is 9.59 Å². The average Bonchev–Trinajstić information content (AvgIpc) is 2.70. The normalized spacial score (nSPS) is 16.5. The van der Waals surface area contributed by atoms with Gasteiger partial charge in [-0.3, -0.25) is 4.79 Å². The van der Waals surface area contributed by atoms with E-state index in [4.69, 9.17) is 14.6 Å². The molecule has 146 valence electrons. The lowest BCUT2D eigenvalue weighted by Gasteiger charge is -2.25. The third-order valence-corrected chi connectivity index (χ3v) is 4.56. The van der Waals surface area contributed by atoms with E-state index in [2.05, 4.69) is 5.32 Å². The Hall–Kier alpha value is -3.35. The molecule has 7 nitrogen and oxygen atoms in total. The third-order valence-electron chi connectivity index (χ3n) is 4.56. The van der Waals surface area contributed by atoms with Gasteiger partial charge in [0.25, 0.3) is 5.91 Å². The fourth-order valence-corrected chi connectivity index (χ4v) is 3.02. The van der Waals surface area contributed by atoms with Gasteiger partial charge in [-0.2, -0.15) is 0 Å². The van der Waals surface area contributed by atoms with E-state index in [0.717, 1.165) is 11.1 Å². The van der Waals surface area contributed by atoms with Crippen LogP contribution in [0.1, 0.15) is 40.9 Å². The molecule has 1 aliphatic rings. The molecule has 28 heavy (non-hydrogen) atoms. The minimum Gasteiger partial charge on any atom is -0.484 e. The highest BCUT2D eigenvalue weighted by Crippen LogP contribution is 2.31. The minimum absolute atomic E-state index is 0.283. The molecule has 0 unspecified atom stereocenters. The largest absolute Gasteiger partial charge is 0.484 e. The zero-order chi connectivity index (χ0) is 20.1. The fraction of sp³-hybridized carbons (Fsp3) is 0.286. The standard InChI is InChI=1S/C21H21NO6/c1-2-17(20(24)25)22-19(23)12-27-15-9-7-13(8-10-15)18-11-14-5-3-4-6-16(14)21(26)28-18/h3-10,17-18H,2,11-12H2,1H3,(H,22,23)(H,24,25)/t17-,18+/m0/s1. The number of cyclic esters (lactones) is 1. The molecule has 2 atom stereocenters. The van der Waals surface area contributed by atoms with Crippen molar-refractivity contribution in [3.05, 3.63) is 65.2 Å². The molecule has 3 rings (SSSR count). The Morgan fingerprint density at radius 2 is 1.93 bits per heavy atom. The van der Waals surface area contributed by atoms with Crippen molar-refractivity contribution < 1.29 is 29.0 Å². The summed E-state index contributed by atoms with van der Waals surface area (Å²) in [6, 6.07) is 13.4. The van der Waals surface area contributed by atoms with Crippen LogP contribution < -0.4 is 10.1 Å². The summed E-state index contributed by atoms with van der Waals surface area (Å²) >= 11 is 0. The quantitative estimate of drug-likeness (QED) is 0.713. The van der Waals surface area contributed by atoms with E-state index in [0.29, 0.717) is 24.2 Å². The number of hydrogen-bond acceptors (Lipinski definition) is 5. The molecular weight excluding hydrogens is 362 g/mol. The first-order chi connectivity index (χ1) is 13.5. The van der Waals surface area contributed by atoms with Crippen LogP contribution >= 0.6 is 0 Å². The number of amides is 1. The predicted octanol–water partition coefficient (Wildman–Crippen LogP) is 2.50. The van der Waals surface area contributed by atoms with Crippen LogP contribution in [0.15, 0.2) is 48.5 Å². The monoisotopic (exact) mass is 383 g/mol. The lowest BCUT2D eigenvalue weighted by molar-refractivity contribution is -0.142. The number of benzene rings is 2. The van der Waals surface area contributed by atoms with Crippen molar-refractivity contribution >= 4 is 17.8 Å². The summed E-state index contributed by atoms with van der Waals surface area (Å²) in [6.45, 7) is 1.39. The highest BCUT2D eigenvalue weighted by atomic mass is 16.5. The lowest BCUT2D eigenvalue weighted by Crippen LogP contribution is -2.42. The summed E-state index contributed by atoms with van der Waals surface area (Å²) in [7, 11) is 0. The number of rotatable bonds is 7. The molecule has 1 heterocycles. The van der Waals surface area contributed by atoms with Crippen LogP contribution in [0.2, 0.25) is 0 Å². The minimum atomic E-state index is -1.08. The second kappa shape index (κ2) is 8.56. The van der Waals surface area contributed by atoms with Crippen LogP contribution in [0.4, 0.5) is 0 Å². The summed E-state index contributed by atoms with van der Waals surface area (Å²) in [5.74, 6) is -1.46. The van der Waals surface area contributed by atoms with Crippen molar-refractivity contribution in [3.63, 3.8) is 0 Å². The number of fused-ring (bicyclic) bond motifs is 1. The van der Waals surface area contributed by atoms with Crippen molar-refractivity contribution in [2.45, 2.75) is 31.9 Å². The molecule has 0 aliphatic carbocycles. The van der Waals surface area contributed by atoms with Gasteiger partial charge in [0.1, 0.15) is 17.9 Å². The van der Waals surface area contributed by atoms with Crippen molar-refractivity contribution in [1.82, 2.24) is 5.32 Å². The SMILES string of the molecule is CC[C@H](NC(=O)COc1ccc([C@H]2Cc3ccccc3C(=O)O2)cc1)C(=O)O. The molecule has 0 radical (unpaired) electrons. The van der Waals surface area contributed by atoms with Gasteiger partial charge in [0, 0.05) is 6.42 Å². The van der Waals surface area contributed by atoms with E-state index in [9.17, 15) is 14.4 Å². The molecule has 2 N–H and O–H groups in total. The summed E-state index contributed by atoms with van der Waals surface area (Å²) in [5, 5.41) is 11.3. The van der Waals surface area contributed by atoms with Gasteiger partial charge < -0.3 is 19.9 Å². The topological polar surface area (TPSA) is 102 Å². The van der Waals surface area contributed by atoms with E-state index in [1.807, 2.05) is 18.2 Å². The number of esters is 1. The summed E-state index contributed by atoms with van der Waals surface area (Å²) in [6.07, 6.45) is 0.512. The highest BCUT2D eigenvalue weighted by Gasteiger charge is 2.27. The number of nitrogens with one attached hydrogen (secondary N) is 1. The first-order valence-electron chi connectivity index (χ1n) is 9.01. The molecule has 0 saturated heterocycles. The first-order valence-corrected chi connectivity index (χ1v) is 9.01. The van der Waals surface area contributed by atoms with Gasteiger partial charge in [-0.1, -0.05) is 37.3 Å². The number of carboxylic acids is 1. The maximum absolute atomic E-state index is 12.1. The molecule has 0 spiro atoms. The van der Waals surface area contributed by atoms with Crippen LogP contribution in [0.3, 0.4) is 0 Å². The molecular formula is C21H21NO6. The van der Waals surface area contributed by atoms with Crippen LogP contribution in [0.25, 0.3) is 0 Å². The molecule has 0 aromatic heterocycles. The summed E-state index contributed by atoms with van der Waals surface area (Å²) < 4.78 is 10.9. The molecule has 7 heteroatoms. The smallest absolute Gasteiger partial charge is 0.339 e. The molecule has 0 bridgehead atoms.